The number of sulfonamides is 1. The smallest absolute Gasteiger partial charge is 0.305 e. The third-order valence-corrected chi connectivity index (χ3v) is 5.40. The van der Waals surface area contributed by atoms with Gasteiger partial charge in [-0.1, -0.05) is 18.3 Å². The molecule has 0 amide bonds. The zero-order valence-corrected chi connectivity index (χ0v) is 10.5. The van der Waals surface area contributed by atoms with Gasteiger partial charge in [-0.05, 0) is 13.3 Å². The first-order valence-electron chi connectivity index (χ1n) is 4.55. The van der Waals surface area contributed by atoms with Gasteiger partial charge in [0.2, 0.25) is 0 Å². The summed E-state index contributed by atoms with van der Waals surface area (Å²) in [7, 11) is -1.97. The monoisotopic (exact) mass is 250 g/mol. The van der Waals surface area contributed by atoms with Crippen LogP contribution in [0.1, 0.15) is 19.0 Å². The molecule has 7 heteroatoms. The van der Waals surface area contributed by atoms with Gasteiger partial charge in [0.25, 0.3) is 10.0 Å². The third-order valence-electron chi connectivity index (χ3n) is 1.96. The highest BCUT2D eigenvalue weighted by molar-refractivity contribution is 7.91. The Labute approximate surface area is 92.8 Å². The number of aromatic amines is 1. The summed E-state index contributed by atoms with van der Waals surface area (Å²) in [6.07, 6.45) is 0.744. The minimum atomic E-state index is -3.49. The molecule has 0 saturated heterocycles. The number of thiazole rings is 1. The highest BCUT2D eigenvalue weighted by atomic mass is 32.2. The number of nitrogens with zero attached hydrogens (tertiary/aromatic N) is 1. The number of hydrogen-bond donors (Lipinski definition) is 1. The molecule has 0 aliphatic carbocycles. The number of rotatable bonds is 4. The van der Waals surface area contributed by atoms with Crippen LogP contribution >= 0.6 is 11.3 Å². The van der Waals surface area contributed by atoms with E-state index in [1.807, 2.05) is 6.92 Å². The fourth-order valence-electron chi connectivity index (χ4n) is 1.21. The molecule has 0 fully saturated rings. The van der Waals surface area contributed by atoms with E-state index in [0.717, 1.165) is 17.8 Å². The fourth-order valence-corrected chi connectivity index (χ4v) is 3.96. The molecule has 86 valence electrons. The van der Waals surface area contributed by atoms with Gasteiger partial charge < -0.3 is 4.98 Å². The van der Waals surface area contributed by atoms with Crippen molar-refractivity contribution >= 4 is 21.4 Å². The Morgan fingerprint density at radius 1 is 1.47 bits per heavy atom. The van der Waals surface area contributed by atoms with Crippen molar-refractivity contribution in [1.29, 1.82) is 0 Å². The molecule has 1 N–H and O–H groups in total. The summed E-state index contributed by atoms with van der Waals surface area (Å²) in [5, 5.41) is 0. The van der Waals surface area contributed by atoms with Gasteiger partial charge in [-0.3, -0.25) is 4.79 Å². The van der Waals surface area contributed by atoms with Gasteiger partial charge in [0.15, 0.2) is 4.21 Å². The molecule has 0 spiro atoms. The molecule has 0 radical (unpaired) electrons. The number of aryl methyl sites for hydroxylation is 1. The summed E-state index contributed by atoms with van der Waals surface area (Å²) in [5.74, 6) is 0. The Morgan fingerprint density at radius 2 is 2.07 bits per heavy atom. The molecule has 0 atom stereocenters. The minimum Gasteiger partial charge on any atom is -0.315 e. The number of nitrogens with one attached hydrogen (secondary N) is 1. The largest absolute Gasteiger partial charge is 0.315 e. The van der Waals surface area contributed by atoms with Crippen molar-refractivity contribution in [1.82, 2.24) is 9.29 Å². The molecule has 0 aliphatic heterocycles. The molecule has 1 aromatic heterocycles. The van der Waals surface area contributed by atoms with Crippen LogP contribution in [0.25, 0.3) is 0 Å². The van der Waals surface area contributed by atoms with Gasteiger partial charge in [-0.15, -0.1) is 0 Å². The van der Waals surface area contributed by atoms with Crippen molar-refractivity contribution in [3.05, 3.63) is 15.4 Å². The van der Waals surface area contributed by atoms with Gasteiger partial charge in [-0.2, -0.15) is 0 Å². The van der Waals surface area contributed by atoms with Crippen molar-refractivity contribution in [2.75, 3.05) is 13.6 Å². The van der Waals surface area contributed by atoms with E-state index in [0.29, 0.717) is 12.2 Å². The summed E-state index contributed by atoms with van der Waals surface area (Å²) in [6.45, 7) is 3.94. The first-order valence-corrected chi connectivity index (χ1v) is 6.81. The Bertz CT molecular complexity index is 486. The van der Waals surface area contributed by atoms with Crippen LogP contribution in [-0.4, -0.2) is 31.3 Å². The zero-order valence-electron chi connectivity index (χ0n) is 8.90. The maximum Gasteiger partial charge on any atom is 0.305 e. The van der Waals surface area contributed by atoms with Gasteiger partial charge in [-0.25, -0.2) is 12.7 Å². The first-order chi connectivity index (χ1) is 6.89. The summed E-state index contributed by atoms with van der Waals surface area (Å²) in [6, 6.07) is 0. The van der Waals surface area contributed by atoms with E-state index < -0.39 is 10.0 Å². The second-order valence-corrected chi connectivity index (χ2v) is 6.48. The fraction of sp³-hybridized carbons (Fsp3) is 0.625. The summed E-state index contributed by atoms with van der Waals surface area (Å²) in [4.78, 5) is 13.1. The van der Waals surface area contributed by atoms with E-state index in [1.54, 1.807) is 6.92 Å². The maximum absolute atomic E-state index is 11.9. The van der Waals surface area contributed by atoms with Crippen LogP contribution in [0.4, 0.5) is 0 Å². The molecule has 0 aromatic carbocycles. The molecule has 1 heterocycles. The lowest BCUT2D eigenvalue weighted by molar-refractivity contribution is 0.469. The molecule has 0 unspecified atom stereocenters. The standard InChI is InChI=1S/C8H14N2O3S2/c1-4-5-10(3)15(12,13)7-6(2)9-8(11)14-7/h4-5H2,1-3H3,(H,9,11). The quantitative estimate of drug-likeness (QED) is 0.858. The third kappa shape index (κ3) is 2.47. The Balaban J connectivity index is 3.17. The predicted octanol–water partition coefficient (Wildman–Crippen LogP) is 0.775. The molecular weight excluding hydrogens is 236 g/mol. The number of aromatic nitrogens is 1. The highest BCUT2D eigenvalue weighted by Gasteiger charge is 2.24. The molecule has 15 heavy (non-hydrogen) atoms. The van der Waals surface area contributed by atoms with E-state index in [4.69, 9.17) is 0 Å². The van der Waals surface area contributed by atoms with Crippen molar-refractivity contribution < 1.29 is 8.42 Å². The van der Waals surface area contributed by atoms with Crippen molar-refractivity contribution in [3.63, 3.8) is 0 Å². The number of hydrogen-bond acceptors (Lipinski definition) is 4. The van der Waals surface area contributed by atoms with Gasteiger partial charge in [0.05, 0.1) is 0 Å². The topological polar surface area (TPSA) is 70.2 Å². The Kier molecular flexibility index (Phi) is 3.69. The lowest BCUT2D eigenvalue weighted by atomic mass is 10.5. The molecular formula is C8H14N2O3S2. The van der Waals surface area contributed by atoms with Crippen molar-refractivity contribution in [2.45, 2.75) is 24.5 Å². The summed E-state index contributed by atoms with van der Waals surface area (Å²) < 4.78 is 25.2. The first kappa shape index (κ1) is 12.4. The predicted molar refractivity (Wildman–Crippen MR) is 59.8 cm³/mol. The molecule has 0 saturated carbocycles. The van der Waals surface area contributed by atoms with Crippen LogP contribution in [0.2, 0.25) is 0 Å². The lowest BCUT2D eigenvalue weighted by Crippen LogP contribution is -2.27. The highest BCUT2D eigenvalue weighted by Crippen LogP contribution is 2.19. The van der Waals surface area contributed by atoms with Gasteiger partial charge in [0, 0.05) is 19.3 Å². The minimum absolute atomic E-state index is 0.114. The zero-order chi connectivity index (χ0) is 11.6. The van der Waals surface area contributed by atoms with E-state index in [1.165, 1.54) is 11.4 Å². The van der Waals surface area contributed by atoms with Crippen LogP contribution in [0.3, 0.4) is 0 Å². The van der Waals surface area contributed by atoms with E-state index in [-0.39, 0.29) is 9.08 Å². The average molecular weight is 250 g/mol. The Hall–Kier alpha value is -0.660. The van der Waals surface area contributed by atoms with Crippen molar-refractivity contribution in [3.8, 4) is 0 Å². The average Bonchev–Trinajstić information content (AvgIpc) is 2.46. The van der Waals surface area contributed by atoms with Crippen molar-refractivity contribution in [2.24, 2.45) is 0 Å². The SMILES string of the molecule is CCCN(C)S(=O)(=O)c1sc(=O)[nH]c1C. The second-order valence-electron chi connectivity index (χ2n) is 3.25. The normalized spacial score (nSPS) is 12.3. The summed E-state index contributed by atoms with van der Waals surface area (Å²) in [5.41, 5.74) is 0.410. The second kappa shape index (κ2) is 4.46. The molecule has 5 nitrogen and oxygen atoms in total. The molecule has 1 aromatic rings. The van der Waals surface area contributed by atoms with Crippen LogP contribution in [-0.2, 0) is 10.0 Å². The van der Waals surface area contributed by atoms with E-state index in [9.17, 15) is 13.2 Å². The number of H-pyrrole nitrogens is 1. The molecule has 0 bridgehead atoms. The van der Waals surface area contributed by atoms with Gasteiger partial charge >= 0.3 is 4.87 Å². The van der Waals surface area contributed by atoms with Crippen LogP contribution in [0, 0.1) is 6.92 Å². The van der Waals surface area contributed by atoms with E-state index >= 15 is 0 Å². The van der Waals surface area contributed by atoms with E-state index in [2.05, 4.69) is 4.98 Å². The summed E-state index contributed by atoms with van der Waals surface area (Å²) >= 11 is 0.735. The Morgan fingerprint density at radius 3 is 2.47 bits per heavy atom. The maximum atomic E-state index is 11.9. The molecule has 1 rings (SSSR count). The van der Waals surface area contributed by atoms with Gasteiger partial charge in [0.1, 0.15) is 0 Å². The molecule has 0 aliphatic rings. The van der Waals surface area contributed by atoms with Crippen LogP contribution in [0.15, 0.2) is 9.00 Å². The van der Waals surface area contributed by atoms with Crippen LogP contribution in [0.5, 0.6) is 0 Å². The van der Waals surface area contributed by atoms with Crippen LogP contribution < -0.4 is 4.87 Å². The lowest BCUT2D eigenvalue weighted by Gasteiger charge is -2.14.